The van der Waals surface area contributed by atoms with Gasteiger partial charge in [-0.15, -0.1) is 0 Å². The van der Waals surface area contributed by atoms with Crippen molar-refractivity contribution in [3.8, 4) is 0 Å². The summed E-state index contributed by atoms with van der Waals surface area (Å²) in [5.41, 5.74) is 11.0. The molecule has 0 fully saturated rings. The van der Waals surface area contributed by atoms with Crippen molar-refractivity contribution >= 4 is 5.82 Å². The van der Waals surface area contributed by atoms with E-state index in [-0.39, 0.29) is 0 Å². The molecule has 0 unspecified atom stereocenters. The van der Waals surface area contributed by atoms with Gasteiger partial charge >= 0.3 is 0 Å². The van der Waals surface area contributed by atoms with E-state index >= 15 is 0 Å². The van der Waals surface area contributed by atoms with Gasteiger partial charge in [0, 0.05) is 25.5 Å². The van der Waals surface area contributed by atoms with Gasteiger partial charge in [-0.25, -0.2) is 10.4 Å². The van der Waals surface area contributed by atoms with E-state index in [1.54, 1.807) is 18.6 Å². The molecule has 0 saturated heterocycles. The number of anilines is 1. The van der Waals surface area contributed by atoms with E-state index < -0.39 is 0 Å². The molecule has 1 aromatic heterocycles. The van der Waals surface area contributed by atoms with Gasteiger partial charge in [-0.1, -0.05) is 0 Å². The monoisotopic (exact) mass is 153 g/mol. The fourth-order valence-electron chi connectivity index (χ4n) is 0.589. The molecule has 0 saturated carbocycles. The lowest BCUT2D eigenvalue weighted by molar-refractivity contribution is 0.782. The van der Waals surface area contributed by atoms with Crippen LogP contribution in [-0.2, 0) is 0 Å². The third-order valence-corrected chi connectivity index (χ3v) is 1.05. The predicted molar refractivity (Wildman–Crippen MR) is 42.7 cm³/mol. The van der Waals surface area contributed by atoms with Crippen molar-refractivity contribution in [3.63, 3.8) is 0 Å². The van der Waals surface area contributed by atoms with Crippen molar-refractivity contribution in [2.24, 2.45) is 5.73 Å². The average Bonchev–Trinajstić information content (AvgIpc) is 2.07. The van der Waals surface area contributed by atoms with E-state index in [1.807, 2.05) is 0 Å². The van der Waals surface area contributed by atoms with Crippen LogP contribution < -0.4 is 16.6 Å². The second-order valence-electron chi connectivity index (χ2n) is 1.93. The van der Waals surface area contributed by atoms with Crippen LogP contribution in [0.4, 0.5) is 5.82 Å². The van der Waals surface area contributed by atoms with E-state index in [9.17, 15) is 0 Å². The molecule has 0 aliphatic carbocycles. The highest BCUT2D eigenvalue weighted by molar-refractivity contribution is 5.27. The summed E-state index contributed by atoms with van der Waals surface area (Å²) >= 11 is 0. The summed E-state index contributed by atoms with van der Waals surface area (Å²) in [5.74, 6) is 0.695. The van der Waals surface area contributed by atoms with Gasteiger partial charge < -0.3 is 11.2 Å². The maximum atomic E-state index is 5.25. The van der Waals surface area contributed by atoms with Crippen LogP contribution in [0.5, 0.6) is 0 Å². The zero-order valence-corrected chi connectivity index (χ0v) is 6.12. The van der Waals surface area contributed by atoms with Gasteiger partial charge in [-0.2, -0.15) is 0 Å². The number of nitrogens with one attached hydrogen (secondary N) is 2. The van der Waals surface area contributed by atoms with Crippen LogP contribution in [0.2, 0.25) is 0 Å². The third kappa shape index (κ3) is 2.92. The summed E-state index contributed by atoms with van der Waals surface area (Å²) in [6.07, 6.45) is 4.87. The summed E-state index contributed by atoms with van der Waals surface area (Å²) in [7, 11) is 0. The largest absolute Gasteiger partial charge is 0.329 e. The molecule has 0 atom stereocenters. The normalized spacial score (nSPS) is 9.55. The fourth-order valence-corrected chi connectivity index (χ4v) is 0.589. The fraction of sp³-hybridized carbons (Fsp3) is 0.333. The van der Waals surface area contributed by atoms with E-state index in [1.165, 1.54) is 0 Å². The number of rotatable bonds is 4. The van der Waals surface area contributed by atoms with Crippen LogP contribution >= 0.6 is 0 Å². The maximum Gasteiger partial charge on any atom is 0.158 e. The Morgan fingerprint density at radius 3 is 3.00 bits per heavy atom. The van der Waals surface area contributed by atoms with E-state index in [4.69, 9.17) is 5.73 Å². The zero-order valence-electron chi connectivity index (χ0n) is 6.12. The summed E-state index contributed by atoms with van der Waals surface area (Å²) < 4.78 is 0. The van der Waals surface area contributed by atoms with Crippen molar-refractivity contribution in [1.82, 2.24) is 15.4 Å². The second kappa shape index (κ2) is 4.59. The molecule has 0 aromatic carbocycles. The van der Waals surface area contributed by atoms with Crippen LogP contribution in [0.15, 0.2) is 18.6 Å². The molecule has 0 amide bonds. The number of nitrogens with zero attached hydrogens (tertiary/aromatic N) is 2. The van der Waals surface area contributed by atoms with Crippen molar-refractivity contribution in [2.45, 2.75) is 0 Å². The molecule has 0 spiro atoms. The molecule has 0 aliphatic rings. The molecule has 1 heterocycles. The molecule has 5 heteroatoms. The van der Waals surface area contributed by atoms with Crippen LogP contribution in [0, 0.1) is 0 Å². The third-order valence-electron chi connectivity index (χ3n) is 1.05. The first-order valence-electron chi connectivity index (χ1n) is 3.38. The highest BCUT2D eigenvalue weighted by Crippen LogP contribution is 1.92. The van der Waals surface area contributed by atoms with Gasteiger partial charge in [-0.3, -0.25) is 4.98 Å². The topological polar surface area (TPSA) is 75.9 Å². The number of hydrazine groups is 1. The number of hydrogen-bond acceptors (Lipinski definition) is 5. The smallest absolute Gasteiger partial charge is 0.158 e. The number of hydrogen-bond donors (Lipinski definition) is 3. The highest BCUT2D eigenvalue weighted by Gasteiger charge is 1.87. The number of nitrogens with two attached hydrogens (primary N) is 1. The van der Waals surface area contributed by atoms with Crippen molar-refractivity contribution < 1.29 is 0 Å². The minimum Gasteiger partial charge on any atom is -0.329 e. The summed E-state index contributed by atoms with van der Waals surface area (Å²) in [6.45, 7) is 1.30. The van der Waals surface area contributed by atoms with Gasteiger partial charge in [0.1, 0.15) is 0 Å². The molecule has 0 bridgehead atoms. The lowest BCUT2D eigenvalue weighted by Gasteiger charge is -2.03. The highest BCUT2D eigenvalue weighted by atomic mass is 15.4. The molecule has 4 N–H and O–H groups in total. The van der Waals surface area contributed by atoms with E-state index in [0.717, 1.165) is 0 Å². The predicted octanol–water partition coefficient (Wildman–Crippen LogP) is -0.648. The molecular weight excluding hydrogens is 142 g/mol. The molecule has 0 radical (unpaired) electrons. The summed E-state index contributed by atoms with van der Waals surface area (Å²) in [5, 5.41) is 0. The quantitative estimate of drug-likeness (QED) is 0.396. The lowest BCUT2D eigenvalue weighted by atomic mass is 10.6. The van der Waals surface area contributed by atoms with Crippen LogP contribution in [0.3, 0.4) is 0 Å². The Hall–Kier alpha value is -1.20. The lowest BCUT2D eigenvalue weighted by Crippen LogP contribution is -2.28. The van der Waals surface area contributed by atoms with Gasteiger partial charge in [0.25, 0.3) is 0 Å². The Kier molecular flexibility index (Phi) is 3.30. The van der Waals surface area contributed by atoms with E-state index in [2.05, 4.69) is 20.8 Å². The molecular formula is C6H11N5. The van der Waals surface area contributed by atoms with Gasteiger partial charge in [-0.05, 0) is 0 Å². The van der Waals surface area contributed by atoms with Crippen LogP contribution in [0.1, 0.15) is 0 Å². The van der Waals surface area contributed by atoms with Crippen molar-refractivity contribution in [1.29, 1.82) is 0 Å². The van der Waals surface area contributed by atoms with Crippen molar-refractivity contribution in [3.05, 3.63) is 18.6 Å². The second-order valence-corrected chi connectivity index (χ2v) is 1.93. The van der Waals surface area contributed by atoms with E-state index in [0.29, 0.717) is 18.9 Å². The Morgan fingerprint density at radius 2 is 2.36 bits per heavy atom. The first-order valence-corrected chi connectivity index (χ1v) is 3.38. The van der Waals surface area contributed by atoms with Gasteiger partial charge in [0.05, 0.1) is 6.20 Å². The maximum absolute atomic E-state index is 5.25. The zero-order chi connectivity index (χ0) is 7.94. The summed E-state index contributed by atoms with van der Waals surface area (Å²) in [4.78, 5) is 7.84. The molecule has 1 rings (SSSR count). The average molecular weight is 153 g/mol. The standard InChI is InChI=1S/C6H11N5/c7-1-2-10-11-6-5-8-3-4-9-6/h3-5,10H,1-2,7H2,(H,9,11). The molecule has 1 aromatic rings. The number of aromatic nitrogens is 2. The Morgan fingerprint density at radius 1 is 1.45 bits per heavy atom. The SMILES string of the molecule is NCCNNc1cnccn1. The molecule has 60 valence electrons. The molecule has 11 heavy (non-hydrogen) atoms. The van der Waals surface area contributed by atoms with Gasteiger partial charge in [0.2, 0.25) is 0 Å². The Bertz CT molecular complexity index is 187. The van der Waals surface area contributed by atoms with Gasteiger partial charge in [0.15, 0.2) is 5.82 Å². The molecule has 5 nitrogen and oxygen atoms in total. The van der Waals surface area contributed by atoms with Crippen molar-refractivity contribution in [2.75, 3.05) is 18.5 Å². The molecule has 0 aliphatic heterocycles. The minimum atomic E-state index is 0.591. The Labute approximate surface area is 65.0 Å². The van der Waals surface area contributed by atoms with Crippen LogP contribution in [0.25, 0.3) is 0 Å². The van der Waals surface area contributed by atoms with Crippen LogP contribution in [-0.4, -0.2) is 23.1 Å². The Balaban J connectivity index is 2.28. The first kappa shape index (κ1) is 7.90. The first-order chi connectivity index (χ1) is 5.43. The minimum absolute atomic E-state index is 0.591. The summed E-state index contributed by atoms with van der Waals surface area (Å²) in [6, 6.07) is 0.